The molecular formula is C35H51N16O25P4S+. The first-order valence-electron chi connectivity index (χ1n) is 23.2. The summed E-state index contributed by atoms with van der Waals surface area (Å²) in [6.07, 6.45) is -13.8. The Balaban J connectivity index is 0.880. The molecule has 0 aliphatic carbocycles. The van der Waals surface area contributed by atoms with Crippen LogP contribution in [0.4, 0.5) is 17.7 Å². The number of H-pyrrole nitrogens is 2. The molecule has 0 spiro atoms. The Morgan fingerprint density at radius 1 is 0.728 bits per heavy atom. The highest BCUT2D eigenvalue weighted by Gasteiger charge is 2.54. The number of rotatable bonds is 23. The summed E-state index contributed by atoms with van der Waals surface area (Å²) in [6, 6.07) is 0. The number of aromatic nitrogens is 12. The van der Waals surface area contributed by atoms with Crippen LogP contribution in [0.15, 0.2) is 34.9 Å². The lowest BCUT2D eigenvalue weighted by Crippen LogP contribution is -2.46. The first kappa shape index (κ1) is 60.4. The van der Waals surface area contributed by atoms with E-state index in [-0.39, 0.29) is 51.2 Å². The summed E-state index contributed by atoms with van der Waals surface area (Å²) in [6.45, 7) is -2.69. The van der Waals surface area contributed by atoms with Gasteiger partial charge in [-0.15, -0.1) is 0 Å². The van der Waals surface area contributed by atoms with Gasteiger partial charge >= 0.3 is 36.9 Å². The largest absolute Gasteiger partial charge is 0.490 e. The van der Waals surface area contributed by atoms with Gasteiger partial charge in [-0.1, -0.05) is 4.98 Å². The van der Waals surface area contributed by atoms with Crippen LogP contribution in [0.5, 0.6) is 0 Å². The number of nitrogens with zero attached hydrogens (tertiary/aromatic N) is 10. The van der Waals surface area contributed by atoms with Gasteiger partial charge in [-0.2, -0.15) is 13.6 Å². The molecule has 0 bridgehead atoms. The molecule has 0 aromatic carbocycles. The summed E-state index contributed by atoms with van der Waals surface area (Å²) >= 11 is 0. The summed E-state index contributed by atoms with van der Waals surface area (Å²) in [5.41, 5.74) is 15.4. The number of fused-ring (bicyclic) bond motifs is 3. The molecule has 3 aliphatic rings. The fraction of sp³-hybridized carbons (Fsp3) is 0.571. The quantitative estimate of drug-likeness (QED) is 0.0212. The van der Waals surface area contributed by atoms with Crippen molar-refractivity contribution in [2.24, 2.45) is 13.0 Å². The molecule has 6 aromatic rings. The van der Waals surface area contributed by atoms with Gasteiger partial charge < -0.3 is 71.0 Å². The van der Waals surface area contributed by atoms with Crippen LogP contribution in [0.2, 0.25) is 0 Å². The van der Waals surface area contributed by atoms with E-state index in [1.54, 1.807) is 0 Å². The van der Waals surface area contributed by atoms with Gasteiger partial charge in [-0.05, 0) is 6.92 Å². The molecule has 446 valence electrons. The van der Waals surface area contributed by atoms with E-state index >= 15 is 0 Å². The van der Waals surface area contributed by atoms with E-state index in [4.69, 9.17) is 54.2 Å². The molecule has 16 atom stereocenters. The second-order valence-electron chi connectivity index (χ2n) is 17.9. The minimum absolute atomic E-state index is 0.00587. The lowest BCUT2D eigenvalue weighted by molar-refractivity contribution is -0.745. The maximum absolute atomic E-state index is 13.7. The number of nitrogen functional groups attached to an aromatic ring is 3. The molecule has 9 rings (SSSR count). The lowest BCUT2D eigenvalue weighted by Gasteiger charge is -2.26. The fourth-order valence-corrected chi connectivity index (χ4v) is 14.1. The molecule has 16 N–H and O–H groups in total. The third-order valence-corrected chi connectivity index (χ3v) is 19.3. The number of anilines is 3. The Hall–Kier alpha value is -5.20. The van der Waals surface area contributed by atoms with Crippen LogP contribution >= 0.6 is 31.3 Å². The number of hydrogen-bond acceptors (Lipinski definition) is 30. The zero-order valence-corrected chi connectivity index (χ0v) is 46.0. The summed E-state index contributed by atoms with van der Waals surface area (Å²) in [7, 11) is -25.1. The van der Waals surface area contributed by atoms with Crippen LogP contribution in [0.3, 0.4) is 0 Å². The molecular weight excluding hydrogens is 1200 g/mol. The van der Waals surface area contributed by atoms with Crippen molar-refractivity contribution in [3.63, 3.8) is 0 Å². The zero-order valence-electron chi connectivity index (χ0n) is 41.7. The van der Waals surface area contributed by atoms with Gasteiger partial charge in [0.1, 0.15) is 54.6 Å². The molecule has 4 unspecified atom stereocenters. The van der Waals surface area contributed by atoms with E-state index < -0.39 is 158 Å². The molecule has 46 heteroatoms. The number of aryl methyl sites for hydroxylation is 1. The van der Waals surface area contributed by atoms with E-state index in [2.05, 4.69) is 53.2 Å². The predicted molar refractivity (Wildman–Crippen MR) is 264 cm³/mol. The van der Waals surface area contributed by atoms with Crippen molar-refractivity contribution in [2.75, 3.05) is 56.4 Å². The fourth-order valence-electron chi connectivity index (χ4n) is 8.95. The van der Waals surface area contributed by atoms with Gasteiger partial charge in [0.2, 0.25) is 27.7 Å². The smallest absolute Gasteiger partial charge is 0.387 e. The minimum Gasteiger partial charge on any atom is -0.387 e. The van der Waals surface area contributed by atoms with Gasteiger partial charge in [0.25, 0.3) is 17.1 Å². The van der Waals surface area contributed by atoms with Crippen molar-refractivity contribution >= 4 is 92.5 Å². The molecule has 3 saturated heterocycles. The van der Waals surface area contributed by atoms with E-state index in [1.807, 2.05) is 0 Å². The van der Waals surface area contributed by atoms with Gasteiger partial charge in [-0.3, -0.25) is 51.4 Å². The standard InChI is InChI=1S/C35H50N16O25P4S/c1-4-81(65,66)43-5-13-14(71-31(20(13)52)51-12-48(2)19-28(51)45-35(38)47-30(19)56)6-69-78(59,60)75-80(63,64)76-79(61,62)70-8-16-23(24(67-3)33(73-16)49-10-41-17-25(36)39-9-40-26(17)49)74-77(57,58)68-7-15-21(53)22(54)32(72-15)50-11-42-18-27(50)44-34(37)46-29(18)55/h9-16,20-24,31-33,43,52-54H,4-8H2,1-3H3,(H11-,36,37,38,39,40,44,45,46,47,55,56,57,58,59,60,61,62,63,64)/p+1/t13-,14-,15-,16-,20-,21-,22-,23-,24-,31-,32-,33-/m1/s1. The number of imidazole rings is 3. The Bertz CT molecular complexity index is 3790. The number of nitrogens with one attached hydrogen (secondary N) is 3. The first-order chi connectivity index (χ1) is 37.9. The second kappa shape index (κ2) is 22.8. The Morgan fingerprint density at radius 3 is 1.99 bits per heavy atom. The highest BCUT2D eigenvalue weighted by molar-refractivity contribution is 7.89. The SMILES string of the molecule is CCS(=O)(=O)NC[C@H]1[C@@H](O)[C@H]([n+]2cn(C)c3c(=O)[nH]c(N)nc32)O[C@@H]1COP(=O)(O)OP(=O)(O)OP(=O)(O)OC[C@H]1O[C@@H](n2cnc3c(N)ncnc32)[C@H](OC)[C@@H]1OP(=O)(O)OC[C@H]1O[C@@H](n2cnc3c(=O)[nH]c(N)nc32)[C@H](O)[C@@H]1O. The van der Waals surface area contributed by atoms with Crippen molar-refractivity contribution in [2.45, 2.75) is 74.4 Å². The highest BCUT2D eigenvalue weighted by atomic mass is 32.2. The third kappa shape index (κ3) is 12.7. The van der Waals surface area contributed by atoms with Crippen molar-refractivity contribution in [3.05, 3.63) is 46.0 Å². The molecule has 0 saturated carbocycles. The predicted octanol–water partition coefficient (Wildman–Crippen LogP) is -4.52. The Labute approximate surface area is 451 Å². The number of nitrogens with two attached hydrogens (primary N) is 3. The van der Waals surface area contributed by atoms with Crippen LogP contribution in [0.1, 0.15) is 25.6 Å². The summed E-state index contributed by atoms with van der Waals surface area (Å²) < 4.78 is 137. The van der Waals surface area contributed by atoms with Crippen molar-refractivity contribution in [1.29, 1.82) is 0 Å². The van der Waals surface area contributed by atoms with Crippen LogP contribution < -0.4 is 37.6 Å². The molecule has 81 heavy (non-hydrogen) atoms. The van der Waals surface area contributed by atoms with Crippen molar-refractivity contribution < 1.29 is 112 Å². The number of aromatic amines is 2. The number of methoxy groups -OCH3 is 1. The van der Waals surface area contributed by atoms with Gasteiger partial charge in [-0.25, -0.2) is 55.9 Å². The van der Waals surface area contributed by atoms with Crippen LogP contribution in [-0.2, 0) is 81.0 Å². The summed E-state index contributed by atoms with van der Waals surface area (Å²) in [5.74, 6) is -2.50. The van der Waals surface area contributed by atoms with Gasteiger partial charge in [0, 0.05) is 19.6 Å². The Kier molecular flexibility index (Phi) is 17.0. The first-order valence-corrected chi connectivity index (χ1v) is 30.8. The minimum atomic E-state index is -6.27. The number of hydrogen-bond donors (Lipinski definition) is 13. The summed E-state index contributed by atoms with van der Waals surface area (Å²) in [4.78, 5) is 96.6. The molecule has 0 amide bonds. The molecule has 3 aliphatic heterocycles. The molecule has 0 radical (unpaired) electrons. The second-order valence-corrected chi connectivity index (χ2v) is 26.0. The van der Waals surface area contributed by atoms with Crippen LogP contribution in [-0.4, -0.2) is 185 Å². The van der Waals surface area contributed by atoms with Gasteiger partial charge in [0.05, 0.1) is 51.4 Å². The number of phosphoric ester groups is 3. The normalized spacial score (nSPS) is 29.3. The van der Waals surface area contributed by atoms with Crippen molar-refractivity contribution in [1.82, 2.24) is 58.3 Å². The van der Waals surface area contributed by atoms with Crippen LogP contribution in [0, 0.1) is 5.92 Å². The molecule has 41 nitrogen and oxygen atoms in total. The molecule has 3 fully saturated rings. The van der Waals surface area contributed by atoms with E-state index in [0.717, 1.165) is 35.2 Å². The average molecular weight is 1250 g/mol. The monoisotopic (exact) mass is 1250 g/mol. The number of phosphoric acid groups is 4. The summed E-state index contributed by atoms with van der Waals surface area (Å²) in [5, 5.41) is 33.2. The van der Waals surface area contributed by atoms with E-state index in [0.29, 0.717) is 0 Å². The highest BCUT2D eigenvalue weighted by Crippen LogP contribution is 2.68. The number of aliphatic hydroxyl groups is 3. The number of ether oxygens (including phenoxy) is 4. The average Bonchev–Trinajstić information content (AvgIpc) is 3.80. The maximum Gasteiger partial charge on any atom is 0.490 e. The molecule has 6 aromatic heterocycles. The van der Waals surface area contributed by atoms with Crippen molar-refractivity contribution in [3.8, 4) is 0 Å². The number of aliphatic hydroxyl groups excluding tert-OH is 3. The topological polar surface area (TPSA) is 588 Å². The van der Waals surface area contributed by atoms with Crippen LogP contribution in [0.25, 0.3) is 33.5 Å². The van der Waals surface area contributed by atoms with Gasteiger partial charge in [0.15, 0.2) is 41.4 Å². The Morgan fingerprint density at radius 2 is 1.32 bits per heavy atom. The number of sulfonamides is 1. The van der Waals surface area contributed by atoms with E-state index in [9.17, 15) is 71.2 Å². The third-order valence-electron chi connectivity index (χ3n) is 12.7. The lowest BCUT2D eigenvalue weighted by atomic mass is 9.98. The van der Waals surface area contributed by atoms with E-state index in [1.165, 1.54) is 29.4 Å². The molecule has 9 heterocycles. The maximum atomic E-state index is 13.7. The zero-order chi connectivity index (χ0) is 58.9.